The molecule has 0 amide bonds. The molecule has 0 radical (unpaired) electrons. The zero-order valence-electron chi connectivity index (χ0n) is 17.9. The molecule has 0 heterocycles. The van der Waals surface area contributed by atoms with E-state index in [9.17, 15) is 0 Å². The fourth-order valence-electron chi connectivity index (χ4n) is 4.18. The van der Waals surface area contributed by atoms with E-state index in [1.807, 2.05) is 6.08 Å². The lowest BCUT2D eigenvalue weighted by Gasteiger charge is -2.43. The normalized spacial score (nSPS) is 14.2. The van der Waals surface area contributed by atoms with E-state index in [1.54, 1.807) is 0 Å². The van der Waals surface area contributed by atoms with Gasteiger partial charge in [0.05, 0.1) is 0 Å². The molecular weight excluding hydrogens is 332 g/mol. The maximum Gasteiger partial charge on any atom is 0.202 e. The van der Waals surface area contributed by atoms with E-state index in [-0.39, 0.29) is 12.0 Å². The second-order valence-electron chi connectivity index (χ2n) is 8.23. The molecule has 0 aliphatic heterocycles. The molecule has 1 nitrogen and oxygen atoms in total. The molecule has 144 valence electrons. The molecule has 0 saturated heterocycles. The highest BCUT2D eigenvalue weighted by Crippen LogP contribution is 2.42. The Morgan fingerprint density at radius 3 is 1.92 bits per heavy atom. The van der Waals surface area contributed by atoms with Crippen LogP contribution in [0.25, 0.3) is 0 Å². The van der Waals surface area contributed by atoms with Gasteiger partial charge in [0.25, 0.3) is 0 Å². The fourth-order valence-corrected chi connectivity index (χ4v) is 9.67. The second-order valence-corrected chi connectivity index (χ2v) is 13.6. The Morgan fingerprint density at radius 1 is 0.923 bits per heavy atom. The number of benzene rings is 1. The summed E-state index contributed by atoms with van der Waals surface area (Å²) in [5.74, 6) is 7.01. The number of hydrogen-bond donors (Lipinski definition) is 0. The first-order valence-electron chi connectivity index (χ1n) is 10.1. The summed E-state index contributed by atoms with van der Waals surface area (Å²) in [4.78, 5) is 0. The Balaban J connectivity index is 2.78. The van der Waals surface area contributed by atoms with Crippen LogP contribution in [0.5, 0.6) is 0 Å². The predicted molar refractivity (Wildman–Crippen MR) is 118 cm³/mol. The molecule has 0 aliphatic carbocycles. The minimum atomic E-state index is -1.87. The highest BCUT2D eigenvalue weighted by Gasteiger charge is 2.45. The van der Waals surface area contributed by atoms with Gasteiger partial charge in [0.15, 0.2) is 0 Å². The lowest BCUT2D eigenvalue weighted by Crippen LogP contribution is -2.49. The third-order valence-corrected chi connectivity index (χ3v) is 11.6. The monoisotopic (exact) mass is 370 g/mol. The molecule has 1 aromatic rings. The molecule has 2 heteroatoms. The Bertz CT molecular complexity index is 570. The van der Waals surface area contributed by atoms with E-state index in [1.165, 1.54) is 5.56 Å². The molecule has 0 N–H and O–H groups in total. The van der Waals surface area contributed by atoms with Gasteiger partial charge in [-0.3, -0.25) is 0 Å². The van der Waals surface area contributed by atoms with E-state index in [2.05, 4.69) is 97.2 Å². The fraction of sp³-hybridized carbons (Fsp3) is 0.583. The summed E-state index contributed by atoms with van der Waals surface area (Å²) in [7, 11) is -1.87. The first kappa shape index (κ1) is 22.7. The van der Waals surface area contributed by atoms with Gasteiger partial charge in [-0.2, -0.15) is 0 Å². The average Bonchev–Trinajstić information content (AvgIpc) is 2.59. The van der Waals surface area contributed by atoms with E-state index >= 15 is 0 Å². The van der Waals surface area contributed by atoms with Crippen molar-refractivity contribution in [2.75, 3.05) is 0 Å². The van der Waals surface area contributed by atoms with Gasteiger partial charge in [-0.05, 0) is 42.0 Å². The van der Waals surface area contributed by atoms with E-state index in [0.29, 0.717) is 16.6 Å². The summed E-state index contributed by atoms with van der Waals surface area (Å²) >= 11 is 0. The number of aryl methyl sites for hydroxylation is 1. The molecule has 0 fully saturated rings. The topological polar surface area (TPSA) is 9.23 Å². The Morgan fingerprint density at radius 2 is 1.46 bits per heavy atom. The molecule has 0 spiro atoms. The van der Waals surface area contributed by atoms with Crippen molar-refractivity contribution in [1.82, 2.24) is 0 Å². The van der Waals surface area contributed by atoms with Gasteiger partial charge in [0, 0.05) is 5.92 Å². The summed E-state index contributed by atoms with van der Waals surface area (Å²) in [5, 5.41) is 0. The summed E-state index contributed by atoms with van der Waals surface area (Å²) < 4.78 is 6.71. The van der Waals surface area contributed by atoms with Crippen molar-refractivity contribution < 1.29 is 4.43 Å². The molecule has 1 aromatic carbocycles. The van der Waals surface area contributed by atoms with Crippen LogP contribution in [-0.2, 0) is 10.8 Å². The molecule has 26 heavy (non-hydrogen) atoms. The largest absolute Gasteiger partial charge is 0.403 e. The lowest BCUT2D eigenvalue weighted by atomic mass is 10.00. The molecule has 0 unspecified atom stereocenters. The third-order valence-electron chi connectivity index (χ3n) is 5.43. The minimum absolute atomic E-state index is 0.0203. The van der Waals surface area contributed by atoms with Crippen LogP contribution in [0.2, 0.25) is 16.6 Å². The lowest BCUT2D eigenvalue weighted by molar-refractivity contribution is 0.242. The smallest absolute Gasteiger partial charge is 0.202 e. The van der Waals surface area contributed by atoms with Crippen molar-refractivity contribution >= 4 is 8.32 Å². The number of allylic oxidation sites excluding steroid dienone is 1. The maximum absolute atomic E-state index is 6.71. The zero-order chi connectivity index (χ0) is 19.7. The Labute approximate surface area is 163 Å². The van der Waals surface area contributed by atoms with Crippen molar-refractivity contribution in [3.63, 3.8) is 0 Å². The standard InChI is InChI=1S/C24H38OSi/c1-9-23(17-18-24-13-11-10-12-14-24)16-15-22(8)25-26(19(2)3,20(4)5)21(6)7/h9-14,19-23H,1,17-18H2,2-8H3/t22-,23-/m0/s1. The molecule has 0 aliphatic rings. The average molecular weight is 371 g/mol. The van der Waals surface area contributed by atoms with Crippen LogP contribution in [0.1, 0.15) is 60.5 Å². The molecule has 0 saturated carbocycles. The van der Waals surface area contributed by atoms with Crippen LogP contribution < -0.4 is 0 Å². The maximum atomic E-state index is 6.71. The van der Waals surface area contributed by atoms with Crippen molar-refractivity contribution in [2.45, 2.75) is 84.0 Å². The van der Waals surface area contributed by atoms with Gasteiger partial charge < -0.3 is 4.43 Å². The second kappa shape index (κ2) is 10.8. The molecule has 2 atom stereocenters. The SMILES string of the molecule is C=C[C@@H](C#C[C@H](C)O[Si](C(C)C)(C(C)C)C(C)C)CCc1ccccc1. The van der Waals surface area contributed by atoms with Crippen LogP contribution in [0.4, 0.5) is 0 Å². The summed E-state index contributed by atoms with van der Waals surface area (Å²) in [6.07, 6.45) is 3.99. The highest BCUT2D eigenvalue weighted by molar-refractivity contribution is 6.77. The summed E-state index contributed by atoms with van der Waals surface area (Å²) in [6.45, 7) is 20.0. The van der Waals surface area contributed by atoms with Gasteiger partial charge >= 0.3 is 0 Å². The van der Waals surface area contributed by atoms with Crippen LogP contribution in [0.3, 0.4) is 0 Å². The number of hydrogen-bond acceptors (Lipinski definition) is 1. The van der Waals surface area contributed by atoms with Crippen molar-refractivity contribution in [3.8, 4) is 11.8 Å². The van der Waals surface area contributed by atoms with Crippen LogP contribution in [-0.4, -0.2) is 14.4 Å². The molecule has 0 bridgehead atoms. The van der Waals surface area contributed by atoms with Crippen molar-refractivity contribution in [1.29, 1.82) is 0 Å². The summed E-state index contributed by atoms with van der Waals surface area (Å²) in [6, 6.07) is 10.6. The van der Waals surface area contributed by atoms with Crippen molar-refractivity contribution in [3.05, 3.63) is 48.6 Å². The first-order chi connectivity index (χ1) is 12.2. The van der Waals surface area contributed by atoms with Gasteiger partial charge in [-0.25, -0.2) is 0 Å². The van der Waals surface area contributed by atoms with Gasteiger partial charge in [-0.15, -0.1) is 6.58 Å². The van der Waals surface area contributed by atoms with Gasteiger partial charge in [-0.1, -0.05) is 89.8 Å². The van der Waals surface area contributed by atoms with Gasteiger partial charge in [0.1, 0.15) is 6.10 Å². The van der Waals surface area contributed by atoms with E-state index < -0.39 is 8.32 Å². The van der Waals surface area contributed by atoms with Crippen molar-refractivity contribution in [2.24, 2.45) is 5.92 Å². The summed E-state index contributed by atoms with van der Waals surface area (Å²) in [5.41, 5.74) is 3.11. The highest BCUT2D eigenvalue weighted by atomic mass is 28.4. The zero-order valence-corrected chi connectivity index (χ0v) is 18.9. The molecule has 1 rings (SSSR count). The van der Waals surface area contributed by atoms with E-state index in [4.69, 9.17) is 4.43 Å². The van der Waals surface area contributed by atoms with Gasteiger partial charge in [0.2, 0.25) is 8.32 Å². The Hall–Kier alpha value is -1.30. The van der Waals surface area contributed by atoms with Crippen LogP contribution in [0, 0.1) is 17.8 Å². The minimum Gasteiger partial charge on any atom is -0.403 e. The third kappa shape index (κ3) is 6.15. The van der Waals surface area contributed by atoms with Crippen LogP contribution >= 0.6 is 0 Å². The Kier molecular flexibility index (Phi) is 9.40. The first-order valence-corrected chi connectivity index (χ1v) is 12.2. The van der Waals surface area contributed by atoms with E-state index in [0.717, 1.165) is 12.8 Å². The molecule has 0 aromatic heterocycles. The number of rotatable bonds is 9. The van der Waals surface area contributed by atoms with Crippen LogP contribution in [0.15, 0.2) is 43.0 Å². The predicted octanol–water partition coefficient (Wildman–Crippen LogP) is 7.01. The quantitative estimate of drug-likeness (QED) is 0.258. The molecular formula is C24H38OSi.